The Balaban J connectivity index is 2.30. The van der Waals surface area contributed by atoms with Gasteiger partial charge in [0.25, 0.3) is 0 Å². The Morgan fingerprint density at radius 1 is 1.69 bits per heavy atom. The zero-order chi connectivity index (χ0) is 9.26. The highest BCUT2D eigenvalue weighted by Gasteiger charge is 2.13. The molecule has 0 radical (unpaired) electrons. The maximum absolute atomic E-state index is 5.85. The molecule has 0 aromatic carbocycles. The summed E-state index contributed by atoms with van der Waals surface area (Å²) in [5.41, 5.74) is 1.07. The number of hydrogen-bond acceptors (Lipinski definition) is 3. The molecular formula is C9H11ClN2S. The van der Waals surface area contributed by atoms with Gasteiger partial charge in [-0.15, -0.1) is 11.8 Å². The summed E-state index contributed by atoms with van der Waals surface area (Å²) in [5.74, 6) is 1.80. The van der Waals surface area contributed by atoms with Crippen LogP contribution >= 0.6 is 23.4 Å². The van der Waals surface area contributed by atoms with Gasteiger partial charge in [0.05, 0.1) is 10.7 Å². The third kappa shape index (κ3) is 2.09. The first-order valence-electron chi connectivity index (χ1n) is 4.28. The first kappa shape index (κ1) is 9.16. The SMILES string of the molecule is CC1CNc2cc(Cl)cnc2SC1. The smallest absolute Gasteiger partial charge is 0.119 e. The van der Waals surface area contributed by atoms with Gasteiger partial charge in [0, 0.05) is 18.5 Å². The Morgan fingerprint density at radius 3 is 3.38 bits per heavy atom. The Labute approximate surface area is 87.1 Å². The summed E-state index contributed by atoms with van der Waals surface area (Å²) >= 11 is 7.65. The van der Waals surface area contributed by atoms with Crippen molar-refractivity contribution in [2.45, 2.75) is 11.9 Å². The molecule has 1 aromatic heterocycles. The highest BCUT2D eigenvalue weighted by atomic mass is 35.5. The molecule has 2 rings (SSSR count). The van der Waals surface area contributed by atoms with Gasteiger partial charge in [0.1, 0.15) is 5.03 Å². The van der Waals surface area contributed by atoms with E-state index in [1.54, 1.807) is 18.0 Å². The van der Waals surface area contributed by atoms with Crippen molar-refractivity contribution >= 4 is 29.1 Å². The minimum Gasteiger partial charge on any atom is -0.383 e. The number of rotatable bonds is 0. The molecule has 70 valence electrons. The van der Waals surface area contributed by atoms with E-state index in [0.717, 1.165) is 23.0 Å². The molecule has 0 aliphatic carbocycles. The highest BCUT2D eigenvalue weighted by molar-refractivity contribution is 7.99. The molecule has 0 amide bonds. The number of thioether (sulfide) groups is 1. The van der Waals surface area contributed by atoms with Gasteiger partial charge >= 0.3 is 0 Å². The van der Waals surface area contributed by atoms with Crippen LogP contribution in [0.5, 0.6) is 0 Å². The first-order valence-corrected chi connectivity index (χ1v) is 5.64. The number of nitrogens with zero attached hydrogens (tertiary/aromatic N) is 1. The zero-order valence-corrected chi connectivity index (χ0v) is 8.95. The minimum atomic E-state index is 0.679. The van der Waals surface area contributed by atoms with Crippen molar-refractivity contribution in [3.8, 4) is 0 Å². The third-order valence-corrected chi connectivity index (χ3v) is 3.50. The summed E-state index contributed by atoms with van der Waals surface area (Å²) in [7, 11) is 0. The molecule has 13 heavy (non-hydrogen) atoms. The van der Waals surface area contributed by atoms with Gasteiger partial charge < -0.3 is 5.32 Å². The second-order valence-corrected chi connectivity index (χ2v) is 4.75. The molecular weight excluding hydrogens is 204 g/mol. The average Bonchev–Trinajstić information content (AvgIpc) is 2.29. The van der Waals surface area contributed by atoms with Crippen molar-refractivity contribution in [2.24, 2.45) is 5.92 Å². The van der Waals surface area contributed by atoms with Crippen LogP contribution in [0.1, 0.15) is 6.92 Å². The Bertz CT molecular complexity index is 316. The topological polar surface area (TPSA) is 24.9 Å². The lowest BCUT2D eigenvalue weighted by Crippen LogP contribution is -2.10. The van der Waals surface area contributed by atoms with E-state index in [2.05, 4.69) is 17.2 Å². The number of halogens is 1. The van der Waals surface area contributed by atoms with Crippen molar-refractivity contribution < 1.29 is 0 Å². The molecule has 1 unspecified atom stereocenters. The molecule has 4 heteroatoms. The fourth-order valence-electron chi connectivity index (χ4n) is 1.23. The number of nitrogens with one attached hydrogen (secondary N) is 1. The van der Waals surface area contributed by atoms with E-state index in [1.807, 2.05) is 6.07 Å². The lowest BCUT2D eigenvalue weighted by atomic mass is 10.2. The minimum absolute atomic E-state index is 0.679. The van der Waals surface area contributed by atoms with Crippen LogP contribution < -0.4 is 5.32 Å². The second kappa shape index (κ2) is 3.76. The van der Waals surface area contributed by atoms with E-state index in [-0.39, 0.29) is 0 Å². The lowest BCUT2D eigenvalue weighted by molar-refractivity contribution is 0.705. The van der Waals surface area contributed by atoms with Crippen LogP contribution in [0.25, 0.3) is 0 Å². The molecule has 2 nitrogen and oxygen atoms in total. The number of aromatic nitrogens is 1. The van der Waals surface area contributed by atoms with Gasteiger partial charge in [-0.1, -0.05) is 18.5 Å². The van der Waals surface area contributed by atoms with Gasteiger partial charge in [0.15, 0.2) is 0 Å². The largest absolute Gasteiger partial charge is 0.383 e. The molecule has 1 aromatic rings. The maximum Gasteiger partial charge on any atom is 0.119 e. The summed E-state index contributed by atoms with van der Waals surface area (Å²) in [6.07, 6.45) is 1.70. The van der Waals surface area contributed by atoms with Crippen LogP contribution in [0, 0.1) is 5.92 Å². The monoisotopic (exact) mass is 214 g/mol. The molecule has 1 aliphatic heterocycles. The van der Waals surface area contributed by atoms with Gasteiger partial charge in [-0.2, -0.15) is 0 Å². The van der Waals surface area contributed by atoms with Crippen molar-refractivity contribution in [1.82, 2.24) is 4.98 Å². The number of hydrogen-bond donors (Lipinski definition) is 1. The maximum atomic E-state index is 5.85. The van der Waals surface area contributed by atoms with E-state index < -0.39 is 0 Å². The summed E-state index contributed by atoms with van der Waals surface area (Å²) in [6.45, 7) is 3.23. The van der Waals surface area contributed by atoms with E-state index >= 15 is 0 Å². The lowest BCUT2D eigenvalue weighted by Gasteiger charge is -2.06. The zero-order valence-electron chi connectivity index (χ0n) is 7.38. The number of anilines is 1. The molecule has 0 saturated heterocycles. The van der Waals surface area contributed by atoms with Gasteiger partial charge in [-0.3, -0.25) is 0 Å². The van der Waals surface area contributed by atoms with E-state index in [0.29, 0.717) is 10.9 Å². The second-order valence-electron chi connectivity index (χ2n) is 3.30. The molecule has 0 saturated carbocycles. The van der Waals surface area contributed by atoms with Crippen LogP contribution in [-0.2, 0) is 0 Å². The normalized spacial score (nSPS) is 21.5. The quantitative estimate of drug-likeness (QED) is 0.719. The van der Waals surface area contributed by atoms with Gasteiger partial charge in [0.2, 0.25) is 0 Å². The first-order chi connectivity index (χ1) is 6.25. The van der Waals surface area contributed by atoms with E-state index in [1.165, 1.54) is 0 Å². The molecule has 1 N–H and O–H groups in total. The van der Waals surface area contributed by atoms with Crippen LogP contribution in [0.4, 0.5) is 5.69 Å². The molecule has 0 spiro atoms. The molecule has 0 fully saturated rings. The van der Waals surface area contributed by atoms with Crippen molar-refractivity contribution in [3.05, 3.63) is 17.3 Å². The number of fused-ring (bicyclic) bond motifs is 1. The van der Waals surface area contributed by atoms with Crippen LogP contribution in [-0.4, -0.2) is 17.3 Å². The van der Waals surface area contributed by atoms with Crippen LogP contribution in [0.3, 0.4) is 0 Å². The molecule has 1 aliphatic rings. The summed E-state index contributed by atoms with van der Waals surface area (Å²) in [6, 6.07) is 1.94. The predicted octanol–water partition coefficient (Wildman–Crippen LogP) is 2.89. The molecule has 0 bridgehead atoms. The van der Waals surface area contributed by atoms with Gasteiger partial charge in [-0.25, -0.2) is 4.98 Å². The standard InChI is InChI=1S/C9H11ClN2S/c1-6-3-11-8-2-7(10)4-12-9(8)13-5-6/h2,4,6,11H,3,5H2,1H3. The van der Waals surface area contributed by atoms with Crippen LogP contribution in [0.2, 0.25) is 5.02 Å². The van der Waals surface area contributed by atoms with Crippen molar-refractivity contribution in [3.63, 3.8) is 0 Å². The molecule has 2 heterocycles. The fourth-order valence-corrected chi connectivity index (χ4v) is 2.36. The van der Waals surface area contributed by atoms with Crippen molar-refractivity contribution in [2.75, 3.05) is 17.6 Å². The van der Waals surface area contributed by atoms with Crippen LogP contribution in [0.15, 0.2) is 17.3 Å². The predicted molar refractivity (Wildman–Crippen MR) is 57.6 cm³/mol. The van der Waals surface area contributed by atoms with Crippen molar-refractivity contribution in [1.29, 1.82) is 0 Å². The summed E-state index contributed by atoms with van der Waals surface area (Å²) in [4.78, 5) is 4.28. The third-order valence-electron chi connectivity index (χ3n) is 1.96. The number of pyridine rings is 1. The Morgan fingerprint density at radius 2 is 2.54 bits per heavy atom. The summed E-state index contributed by atoms with van der Waals surface area (Å²) in [5, 5.41) is 5.11. The Kier molecular flexibility index (Phi) is 2.65. The van der Waals surface area contributed by atoms with E-state index in [9.17, 15) is 0 Å². The highest BCUT2D eigenvalue weighted by Crippen LogP contribution is 2.31. The Hall–Kier alpha value is -0.410. The van der Waals surface area contributed by atoms with E-state index in [4.69, 9.17) is 11.6 Å². The van der Waals surface area contributed by atoms with Gasteiger partial charge in [-0.05, 0) is 12.0 Å². The average molecular weight is 215 g/mol. The fraction of sp³-hybridized carbons (Fsp3) is 0.444. The summed E-state index contributed by atoms with van der Waals surface area (Å²) < 4.78 is 0. The molecule has 1 atom stereocenters.